The van der Waals surface area contributed by atoms with E-state index in [0.29, 0.717) is 17.5 Å². The first kappa shape index (κ1) is 9.86. The molecule has 2 N–H and O–H groups in total. The second-order valence-electron chi connectivity index (χ2n) is 3.14. The molecule has 70 valence electrons. The quantitative estimate of drug-likeness (QED) is 0.718. The molecule has 3 heteroatoms. The van der Waals surface area contributed by atoms with Gasteiger partial charge in [-0.1, -0.05) is 0 Å². The van der Waals surface area contributed by atoms with Gasteiger partial charge in [0.2, 0.25) is 0 Å². The van der Waals surface area contributed by atoms with Crippen molar-refractivity contribution in [3.05, 3.63) is 35.1 Å². The number of benzene rings is 1. The lowest BCUT2D eigenvalue weighted by atomic mass is 10.0. The van der Waals surface area contributed by atoms with Gasteiger partial charge in [-0.2, -0.15) is 0 Å². The van der Waals surface area contributed by atoms with Gasteiger partial charge >= 0.3 is 0 Å². The molecule has 0 bridgehead atoms. The van der Waals surface area contributed by atoms with E-state index in [1.54, 1.807) is 0 Å². The largest absolute Gasteiger partial charge is 0.328 e. The third-order valence-corrected chi connectivity index (χ3v) is 1.77. The van der Waals surface area contributed by atoms with E-state index >= 15 is 0 Å². The molecule has 0 radical (unpaired) electrons. The summed E-state index contributed by atoms with van der Waals surface area (Å²) in [7, 11) is 0. The molecule has 0 aromatic heterocycles. The molecule has 0 amide bonds. The van der Waals surface area contributed by atoms with E-state index in [1.165, 1.54) is 18.2 Å². The van der Waals surface area contributed by atoms with E-state index in [9.17, 15) is 9.18 Å². The molecule has 0 aliphatic carbocycles. The highest BCUT2D eigenvalue weighted by molar-refractivity contribution is 5.77. The monoisotopic (exact) mass is 181 g/mol. The molecule has 13 heavy (non-hydrogen) atoms. The summed E-state index contributed by atoms with van der Waals surface area (Å²) in [5, 5.41) is 0. The van der Waals surface area contributed by atoms with Crippen LogP contribution in [0, 0.1) is 5.82 Å². The number of halogens is 1. The topological polar surface area (TPSA) is 43.1 Å². The van der Waals surface area contributed by atoms with Crippen LogP contribution in [-0.2, 0) is 6.42 Å². The minimum absolute atomic E-state index is 0.0690. The Hall–Kier alpha value is -1.22. The highest BCUT2D eigenvalue weighted by atomic mass is 19.1. The van der Waals surface area contributed by atoms with E-state index < -0.39 is 0 Å². The summed E-state index contributed by atoms with van der Waals surface area (Å²) >= 11 is 0. The molecule has 2 nitrogen and oxygen atoms in total. The molecule has 0 saturated heterocycles. The Morgan fingerprint density at radius 3 is 2.85 bits per heavy atom. The predicted molar refractivity (Wildman–Crippen MR) is 49.1 cm³/mol. The average molecular weight is 181 g/mol. The van der Waals surface area contributed by atoms with Crippen LogP contribution < -0.4 is 5.73 Å². The first-order valence-corrected chi connectivity index (χ1v) is 4.12. The second-order valence-corrected chi connectivity index (χ2v) is 3.14. The van der Waals surface area contributed by atoms with Crippen LogP contribution in [0.1, 0.15) is 22.8 Å². The Morgan fingerprint density at radius 1 is 1.62 bits per heavy atom. The summed E-state index contributed by atoms with van der Waals surface area (Å²) < 4.78 is 12.8. The van der Waals surface area contributed by atoms with Crippen LogP contribution in [0.4, 0.5) is 4.39 Å². The summed E-state index contributed by atoms with van der Waals surface area (Å²) in [5.41, 5.74) is 6.74. The summed E-state index contributed by atoms with van der Waals surface area (Å²) in [6, 6.07) is 4.03. The minimum Gasteiger partial charge on any atom is -0.328 e. The third kappa shape index (κ3) is 2.63. The highest BCUT2D eigenvalue weighted by Gasteiger charge is 2.05. The maximum Gasteiger partial charge on any atom is 0.150 e. The fraction of sp³-hybridized carbons (Fsp3) is 0.300. The first-order chi connectivity index (χ1) is 6.13. The van der Waals surface area contributed by atoms with Crippen molar-refractivity contribution in [2.24, 2.45) is 5.73 Å². The number of aldehydes is 1. The van der Waals surface area contributed by atoms with Gasteiger partial charge in [0.1, 0.15) is 12.1 Å². The summed E-state index contributed by atoms with van der Waals surface area (Å²) in [6.45, 7) is 1.82. The molecule has 1 unspecified atom stereocenters. The number of hydrogen-bond acceptors (Lipinski definition) is 2. The van der Waals surface area contributed by atoms with Crippen LogP contribution in [0.15, 0.2) is 18.2 Å². The maximum absolute atomic E-state index is 12.8. The van der Waals surface area contributed by atoms with Gasteiger partial charge in [0.25, 0.3) is 0 Å². The van der Waals surface area contributed by atoms with Crippen molar-refractivity contribution in [2.75, 3.05) is 0 Å². The van der Waals surface area contributed by atoms with Crippen LogP contribution in [0.2, 0.25) is 0 Å². The van der Waals surface area contributed by atoms with E-state index in [1.807, 2.05) is 6.92 Å². The Morgan fingerprint density at radius 2 is 2.31 bits per heavy atom. The van der Waals surface area contributed by atoms with E-state index in [4.69, 9.17) is 5.73 Å². The third-order valence-electron chi connectivity index (χ3n) is 1.77. The predicted octanol–water partition coefficient (Wildman–Crippen LogP) is 1.53. The zero-order chi connectivity index (χ0) is 9.84. The second kappa shape index (κ2) is 4.14. The van der Waals surface area contributed by atoms with Crippen LogP contribution in [-0.4, -0.2) is 12.3 Å². The van der Waals surface area contributed by atoms with Crippen molar-refractivity contribution >= 4 is 6.29 Å². The van der Waals surface area contributed by atoms with Gasteiger partial charge in [0, 0.05) is 11.6 Å². The van der Waals surface area contributed by atoms with Crippen LogP contribution in [0.25, 0.3) is 0 Å². The molecule has 0 aliphatic heterocycles. The molecule has 0 saturated carbocycles. The summed E-state index contributed by atoms with van der Waals surface area (Å²) in [4.78, 5) is 10.6. The Bertz CT molecular complexity index is 310. The zero-order valence-corrected chi connectivity index (χ0v) is 7.46. The van der Waals surface area contributed by atoms with Gasteiger partial charge in [-0.15, -0.1) is 0 Å². The van der Waals surface area contributed by atoms with Crippen molar-refractivity contribution in [3.8, 4) is 0 Å². The normalized spacial score (nSPS) is 12.5. The highest BCUT2D eigenvalue weighted by Crippen LogP contribution is 2.11. The Kier molecular flexibility index (Phi) is 3.14. The lowest BCUT2D eigenvalue weighted by Crippen LogP contribution is -2.18. The van der Waals surface area contributed by atoms with Gasteiger partial charge in [-0.05, 0) is 37.1 Å². The number of carbonyl (C=O) groups is 1. The van der Waals surface area contributed by atoms with Crippen molar-refractivity contribution in [2.45, 2.75) is 19.4 Å². The fourth-order valence-corrected chi connectivity index (χ4v) is 1.21. The van der Waals surface area contributed by atoms with Crippen molar-refractivity contribution in [3.63, 3.8) is 0 Å². The van der Waals surface area contributed by atoms with Gasteiger partial charge in [0.15, 0.2) is 0 Å². The number of carbonyl (C=O) groups excluding carboxylic acids is 1. The number of nitrogens with two attached hydrogens (primary N) is 1. The minimum atomic E-state index is -0.332. The summed E-state index contributed by atoms with van der Waals surface area (Å²) in [5.74, 6) is -0.332. The molecular formula is C10H12FNO. The molecule has 0 aliphatic rings. The molecule has 1 atom stereocenters. The number of hydrogen-bond donors (Lipinski definition) is 1. The van der Waals surface area contributed by atoms with Crippen LogP contribution >= 0.6 is 0 Å². The van der Waals surface area contributed by atoms with Gasteiger partial charge in [0.05, 0.1) is 0 Å². The molecule has 1 aromatic carbocycles. The molecule has 0 heterocycles. The van der Waals surface area contributed by atoms with Gasteiger partial charge in [-0.25, -0.2) is 4.39 Å². The first-order valence-electron chi connectivity index (χ1n) is 4.12. The molecule has 1 rings (SSSR count). The van der Waals surface area contributed by atoms with E-state index in [2.05, 4.69) is 0 Å². The van der Waals surface area contributed by atoms with Crippen molar-refractivity contribution in [1.82, 2.24) is 0 Å². The van der Waals surface area contributed by atoms with Crippen LogP contribution in [0.3, 0.4) is 0 Å². The SMILES string of the molecule is CC(N)Cc1cc(F)ccc1C=O. The standard InChI is InChI=1S/C10H12FNO/c1-7(12)4-9-5-10(11)3-2-8(9)6-13/h2-3,5-7H,4,12H2,1H3. The molecule has 1 aromatic rings. The van der Waals surface area contributed by atoms with E-state index in [0.717, 1.165) is 6.29 Å². The Balaban J connectivity index is 3.01. The van der Waals surface area contributed by atoms with Crippen LogP contribution in [0.5, 0.6) is 0 Å². The maximum atomic E-state index is 12.8. The van der Waals surface area contributed by atoms with Gasteiger partial charge < -0.3 is 5.73 Å². The van der Waals surface area contributed by atoms with Crippen molar-refractivity contribution in [1.29, 1.82) is 0 Å². The average Bonchev–Trinajstić information content (AvgIpc) is 2.03. The number of rotatable bonds is 3. The van der Waals surface area contributed by atoms with Crippen molar-refractivity contribution < 1.29 is 9.18 Å². The summed E-state index contributed by atoms with van der Waals surface area (Å²) in [6.07, 6.45) is 1.24. The molecule has 0 spiro atoms. The fourth-order valence-electron chi connectivity index (χ4n) is 1.21. The van der Waals surface area contributed by atoms with Gasteiger partial charge in [-0.3, -0.25) is 4.79 Å². The Labute approximate surface area is 76.6 Å². The lowest BCUT2D eigenvalue weighted by molar-refractivity contribution is 0.112. The zero-order valence-electron chi connectivity index (χ0n) is 7.46. The van der Waals surface area contributed by atoms with E-state index in [-0.39, 0.29) is 11.9 Å². The lowest BCUT2D eigenvalue weighted by Gasteiger charge is -2.07. The molecular weight excluding hydrogens is 169 g/mol. The molecule has 0 fully saturated rings. The smallest absolute Gasteiger partial charge is 0.150 e.